The van der Waals surface area contributed by atoms with Crippen LogP contribution in [0.4, 0.5) is 17.5 Å². The van der Waals surface area contributed by atoms with Gasteiger partial charge in [0.25, 0.3) is 0 Å². The molecule has 6 rings (SSSR count). The van der Waals surface area contributed by atoms with Crippen LogP contribution in [-0.4, -0.2) is 32.2 Å². The molecule has 0 amide bonds. The Labute approximate surface area is 229 Å². The molecule has 3 heterocycles. The molecule has 0 bridgehead atoms. The van der Waals surface area contributed by atoms with Gasteiger partial charge in [-0.1, -0.05) is 48.0 Å². The first-order chi connectivity index (χ1) is 19.2. The van der Waals surface area contributed by atoms with Gasteiger partial charge in [0.15, 0.2) is 5.82 Å². The molecule has 9 heteroatoms. The van der Waals surface area contributed by atoms with Crippen molar-refractivity contribution in [2.45, 2.75) is 0 Å². The molecule has 0 spiro atoms. The molecular weight excluding hydrogens is 510 g/mol. The van der Waals surface area contributed by atoms with Gasteiger partial charge in [0.2, 0.25) is 11.8 Å². The molecule has 0 saturated carbocycles. The van der Waals surface area contributed by atoms with Gasteiger partial charge in [0.1, 0.15) is 11.4 Å². The van der Waals surface area contributed by atoms with Crippen molar-refractivity contribution in [3.05, 3.63) is 108 Å². The largest absolute Gasteiger partial charge is 0.438 e. The minimum absolute atomic E-state index is 0.452. The number of nitrogens with zero attached hydrogens (tertiary/aromatic N) is 5. The van der Waals surface area contributed by atoms with Crippen molar-refractivity contribution in [1.82, 2.24) is 25.1 Å². The maximum Gasteiger partial charge on any atom is 0.228 e. The third-order valence-electron chi connectivity index (χ3n) is 6.06. The molecule has 0 fully saturated rings. The lowest BCUT2D eigenvalue weighted by molar-refractivity contribution is 0.465. The van der Waals surface area contributed by atoms with E-state index in [1.165, 1.54) is 0 Å². The summed E-state index contributed by atoms with van der Waals surface area (Å²) in [5.74, 6) is 2.27. The predicted molar refractivity (Wildman–Crippen MR) is 155 cm³/mol. The van der Waals surface area contributed by atoms with Gasteiger partial charge in [-0.2, -0.15) is 0 Å². The van der Waals surface area contributed by atoms with Gasteiger partial charge in [-0.15, -0.1) is 10.2 Å². The summed E-state index contributed by atoms with van der Waals surface area (Å²) in [7, 11) is 1.78. The number of anilines is 3. The number of pyridine rings is 1. The SMILES string of the molecule is CNc1nccc(-c2cccnc2Oc2ccc(Nc3nnc(-c4ccc(Cl)cc4)c4ccccc34)cc2)n1. The number of halogens is 1. The van der Waals surface area contributed by atoms with Crippen molar-refractivity contribution in [3.63, 3.8) is 0 Å². The first-order valence-electron chi connectivity index (χ1n) is 12.2. The molecule has 6 aromatic rings. The predicted octanol–water partition coefficient (Wildman–Crippen LogP) is 7.38. The Morgan fingerprint density at radius 2 is 1.54 bits per heavy atom. The minimum Gasteiger partial charge on any atom is -0.438 e. The average Bonchev–Trinajstić information content (AvgIpc) is 2.99. The molecule has 0 atom stereocenters. The van der Waals surface area contributed by atoms with Crippen LogP contribution in [0, 0.1) is 0 Å². The van der Waals surface area contributed by atoms with E-state index in [2.05, 4.69) is 35.8 Å². The molecular formula is C30H22ClN7O. The Morgan fingerprint density at radius 3 is 2.33 bits per heavy atom. The highest BCUT2D eigenvalue weighted by molar-refractivity contribution is 6.30. The third-order valence-corrected chi connectivity index (χ3v) is 6.31. The zero-order valence-electron chi connectivity index (χ0n) is 20.8. The van der Waals surface area contributed by atoms with Gasteiger partial charge in [-0.05, 0) is 54.6 Å². The molecule has 0 aliphatic heterocycles. The van der Waals surface area contributed by atoms with Crippen molar-refractivity contribution in [2.24, 2.45) is 0 Å². The first kappa shape index (κ1) is 24.3. The summed E-state index contributed by atoms with van der Waals surface area (Å²) >= 11 is 6.07. The normalized spacial score (nSPS) is 10.8. The van der Waals surface area contributed by atoms with E-state index in [1.807, 2.05) is 91.0 Å². The summed E-state index contributed by atoms with van der Waals surface area (Å²) in [5.41, 5.74) is 4.07. The number of hydrogen-bond acceptors (Lipinski definition) is 8. The molecule has 2 N–H and O–H groups in total. The lowest BCUT2D eigenvalue weighted by atomic mass is 10.0. The maximum atomic E-state index is 6.13. The van der Waals surface area contributed by atoms with E-state index in [0.717, 1.165) is 33.3 Å². The molecule has 0 radical (unpaired) electrons. The van der Waals surface area contributed by atoms with Crippen LogP contribution >= 0.6 is 11.6 Å². The Hall–Kier alpha value is -5.08. The fourth-order valence-electron chi connectivity index (χ4n) is 4.17. The van der Waals surface area contributed by atoms with Crippen LogP contribution in [-0.2, 0) is 0 Å². The van der Waals surface area contributed by atoms with E-state index in [4.69, 9.17) is 16.3 Å². The van der Waals surface area contributed by atoms with E-state index in [9.17, 15) is 0 Å². The van der Waals surface area contributed by atoms with E-state index in [0.29, 0.717) is 34.1 Å². The van der Waals surface area contributed by atoms with Crippen LogP contribution in [0.25, 0.3) is 33.3 Å². The highest BCUT2D eigenvalue weighted by Gasteiger charge is 2.13. The zero-order valence-corrected chi connectivity index (χ0v) is 21.6. The smallest absolute Gasteiger partial charge is 0.228 e. The molecule has 39 heavy (non-hydrogen) atoms. The van der Waals surface area contributed by atoms with Gasteiger partial charge in [-0.3, -0.25) is 0 Å². The van der Waals surface area contributed by atoms with Crippen molar-refractivity contribution in [1.29, 1.82) is 0 Å². The van der Waals surface area contributed by atoms with Gasteiger partial charge in [0.05, 0.1) is 11.3 Å². The Kier molecular flexibility index (Phi) is 6.67. The van der Waals surface area contributed by atoms with Gasteiger partial charge in [-0.25, -0.2) is 15.0 Å². The topological polar surface area (TPSA) is 97.7 Å². The molecule has 0 aliphatic rings. The lowest BCUT2D eigenvalue weighted by Crippen LogP contribution is -1.99. The second-order valence-corrected chi connectivity index (χ2v) is 9.01. The van der Waals surface area contributed by atoms with E-state index in [-0.39, 0.29) is 0 Å². The highest BCUT2D eigenvalue weighted by atomic mass is 35.5. The van der Waals surface area contributed by atoms with Crippen LogP contribution in [0.15, 0.2) is 103 Å². The number of nitrogens with one attached hydrogen (secondary N) is 2. The molecule has 190 valence electrons. The van der Waals surface area contributed by atoms with Crippen molar-refractivity contribution >= 4 is 39.8 Å². The summed E-state index contributed by atoms with van der Waals surface area (Å²) in [6.45, 7) is 0. The van der Waals surface area contributed by atoms with Gasteiger partial charge < -0.3 is 15.4 Å². The van der Waals surface area contributed by atoms with Crippen molar-refractivity contribution in [2.75, 3.05) is 17.7 Å². The minimum atomic E-state index is 0.452. The van der Waals surface area contributed by atoms with Crippen LogP contribution in [0.5, 0.6) is 11.6 Å². The number of hydrogen-bond donors (Lipinski definition) is 2. The fourth-order valence-corrected chi connectivity index (χ4v) is 4.29. The molecule has 3 aromatic carbocycles. The standard InChI is InChI=1S/C30H22ClN7O/c1-32-30-34-18-16-26(36-30)25-7-4-17-33-29(25)39-22-14-12-21(13-15-22)35-28-24-6-3-2-5-23(24)27(37-38-28)19-8-10-20(31)11-9-19/h2-18H,1H3,(H,35,38)(H,32,34,36). The monoisotopic (exact) mass is 531 g/mol. The summed E-state index contributed by atoms with van der Waals surface area (Å²) in [6.07, 6.45) is 3.38. The summed E-state index contributed by atoms with van der Waals surface area (Å²) < 4.78 is 6.13. The number of aromatic nitrogens is 5. The van der Waals surface area contributed by atoms with Crippen LogP contribution in [0.3, 0.4) is 0 Å². The van der Waals surface area contributed by atoms with E-state index < -0.39 is 0 Å². The highest BCUT2D eigenvalue weighted by Crippen LogP contribution is 2.33. The van der Waals surface area contributed by atoms with Crippen molar-refractivity contribution in [3.8, 4) is 34.1 Å². The second kappa shape index (κ2) is 10.7. The number of fused-ring (bicyclic) bond motifs is 1. The number of benzene rings is 3. The number of rotatable bonds is 7. The Morgan fingerprint density at radius 1 is 0.744 bits per heavy atom. The molecule has 8 nitrogen and oxygen atoms in total. The average molecular weight is 532 g/mol. The van der Waals surface area contributed by atoms with Gasteiger partial charge >= 0.3 is 0 Å². The first-order valence-corrected chi connectivity index (χ1v) is 12.6. The number of ether oxygens (including phenoxy) is 1. The quantitative estimate of drug-likeness (QED) is 0.220. The molecule has 0 unspecified atom stereocenters. The van der Waals surface area contributed by atoms with E-state index in [1.54, 1.807) is 19.4 Å². The Bertz CT molecular complexity index is 1760. The summed E-state index contributed by atoms with van der Waals surface area (Å²) in [4.78, 5) is 13.1. The molecule has 0 aliphatic carbocycles. The van der Waals surface area contributed by atoms with Crippen LogP contribution in [0.1, 0.15) is 0 Å². The maximum absolute atomic E-state index is 6.13. The molecule has 0 saturated heterocycles. The van der Waals surface area contributed by atoms with Crippen LogP contribution in [0.2, 0.25) is 5.02 Å². The van der Waals surface area contributed by atoms with Crippen molar-refractivity contribution < 1.29 is 4.74 Å². The summed E-state index contributed by atoms with van der Waals surface area (Å²) in [5, 5.41) is 18.0. The Balaban J connectivity index is 1.25. The fraction of sp³-hybridized carbons (Fsp3) is 0.0333. The lowest BCUT2D eigenvalue weighted by Gasteiger charge is -2.13. The zero-order chi connectivity index (χ0) is 26.6. The van der Waals surface area contributed by atoms with Gasteiger partial charge in [0, 0.05) is 46.5 Å². The molecule has 3 aromatic heterocycles. The summed E-state index contributed by atoms with van der Waals surface area (Å²) in [6, 6.07) is 28.8. The second-order valence-electron chi connectivity index (χ2n) is 8.57. The third kappa shape index (κ3) is 5.18. The van der Waals surface area contributed by atoms with E-state index >= 15 is 0 Å². The van der Waals surface area contributed by atoms with Crippen LogP contribution < -0.4 is 15.4 Å².